The Hall–Kier alpha value is -3.32. The van der Waals surface area contributed by atoms with Crippen molar-refractivity contribution >= 4 is 5.91 Å². The normalized spacial score (nSPS) is 11.8. The Kier molecular flexibility index (Phi) is 5.73. The van der Waals surface area contributed by atoms with Gasteiger partial charge in [-0.15, -0.1) is 0 Å². The van der Waals surface area contributed by atoms with Crippen LogP contribution in [-0.2, 0) is 0 Å². The monoisotopic (exact) mass is 364 g/mol. The molecule has 1 amide bonds. The number of nitrogens with one attached hydrogen (secondary N) is 1. The average molecular weight is 364 g/mol. The first-order valence-electron chi connectivity index (χ1n) is 8.54. The van der Waals surface area contributed by atoms with E-state index < -0.39 is 17.6 Å². The highest BCUT2D eigenvalue weighted by Gasteiger charge is 2.18. The maximum absolute atomic E-state index is 12.5. The van der Waals surface area contributed by atoms with Crippen LogP contribution in [0.5, 0.6) is 0 Å². The van der Waals surface area contributed by atoms with E-state index in [4.69, 9.17) is 0 Å². The zero-order chi connectivity index (χ0) is 19.2. The third-order valence-electron chi connectivity index (χ3n) is 4.23. The zero-order valence-electron chi connectivity index (χ0n) is 14.9. The molecule has 0 aliphatic carbocycles. The number of benzene rings is 1. The number of carbonyl (C=O) groups is 1. The van der Waals surface area contributed by atoms with Crippen LogP contribution in [0.3, 0.4) is 0 Å². The zero-order valence-corrected chi connectivity index (χ0v) is 14.9. The van der Waals surface area contributed by atoms with Crippen LogP contribution in [0.25, 0.3) is 11.4 Å². The van der Waals surface area contributed by atoms with Gasteiger partial charge in [-0.25, -0.2) is 4.98 Å². The number of aliphatic hydroxyl groups excluding tert-OH is 1. The van der Waals surface area contributed by atoms with Crippen LogP contribution in [0.15, 0.2) is 65.8 Å². The molecule has 1 atom stereocenters. The van der Waals surface area contributed by atoms with E-state index in [-0.39, 0.29) is 5.56 Å². The molecule has 7 heteroatoms. The second-order valence-corrected chi connectivity index (χ2v) is 6.16. The van der Waals surface area contributed by atoms with Crippen LogP contribution < -0.4 is 5.56 Å². The number of carbonyl (C=O) groups excluding carboxylic acids is 1. The number of nitrogens with zero attached hydrogens (tertiary/aromatic N) is 3. The van der Waals surface area contributed by atoms with Crippen LogP contribution >= 0.6 is 0 Å². The predicted octanol–water partition coefficient (Wildman–Crippen LogP) is 2.03. The lowest BCUT2D eigenvalue weighted by Crippen LogP contribution is -2.33. The minimum absolute atomic E-state index is 0.0423. The Bertz CT molecular complexity index is 958. The second-order valence-electron chi connectivity index (χ2n) is 6.16. The van der Waals surface area contributed by atoms with Crippen molar-refractivity contribution in [1.29, 1.82) is 0 Å². The highest BCUT2D eigenvalue weighted by atomic mass is 16.3. The summed E-state index contributed by atoms with van der Waals surface area (Å²) in [7, 11) is 1.59. The summed E-state index contributed by atoms with van der Waals surface area (Å²) in [6, 6.07) is 12.7. The summed E-state index contributed by atoms with van der Waals surface area (Å²) in [5.74, 6) is -0.0893. The highest BCUT2D eigenvalue weighted by molar-refractivity contribution is 5.93. The smallest absolute Gasteiger partial charge is 0.264 e. The molecule has 2 heterocycles. The second kappa shape index (κ2) is 8.37. The van der Waals surface area contributed by atoms with Gasteiger partial charge in [0.05, 0.1) is 6.10 Å². The molecular formula is C20H20N4O3. The highest BCUT2D eigenvalue weighted by Crippen LogP contribution is 2.16. The molecule has 0 aliphatic rings. The molecule has 0 fully saturated rings. The molecule has 3 aromatic rings. The number of pyridine rings is 1. The summed E-state index contributed by atoms with van der Waals surface area (Å²) in [6.07, 6.45) is 4.17. The van der Waals surface area contributed by atoms with E-state index in [0.717, 1.165) is 5.56 Å². The molecule has 7 nitrogen and oxygen atoms in total. The predicted molar refractivity (Wildman–Crippen MR) is 101 cm³/mol. The minimum atomic E-state index is -0.675. The first kappa shape index (κ1) is 18.5. The summed E-state index contributed by atoms with van der Waals surface area (Å²) in [4.78, 5) is 37.0. The van der Waals surface area contributed by atoms with E-state index in [1.54, 1.807) is 31.6 Å². The van der Waals surface area contributed by atoms with Crippen molar-refractivity contribution < 1.29 is 9.90 Å². The Morgan fingerprint density at radius 3 is 2.63 bits per heavy atom. The third kappa shape index (κ3) is 4.45. The Morgan fingerprint density at radius 1 is 1.19 bits per heavy atom. The van der Waals surface area contributed by atoms with Crippen LogP contribution in [0.4, 0.5) is 0 Å². The van der Waals surface area contributed by atoms with E-state index in [0.29, 0.717) is 24.4 Å². The van der Waals surface area contributed by atoms with Crippen LogP contribution in [0.2, 0.25) is 0 Å². The lowest BCUT2D eigenvalue weighted by Gasteiger charge is -2.19. The van der Waals surface area contributed by atoms with Crippen molar-refractivity contribution in [2.75, 3.05) is 13.6 Å². The SMILES string of the molecule is CN(CC[C@H](O)c1ccccc1)C(=O)c1cnc(-c2cccnc2)[nH]c1=O. The Balaban J connectivity index is 1.67. The molecule has 0 radical (unpaired) electrons. The largest absolute Gasteiger partial charge is 0.388 e. The van der Waals surface area contributed by atoms with Gasteiger partial charge >= 0.3 is 0 Å². The Labute approximate surface area is 156 Å². The van der Waals surface area contributed by atoms with Crippen LogP contribution in [0.1, 0.15) is 28.4 Å². The molecule has 0 unspecified atom stereocenters. The van der Waals surface area contributed by atoms with Gasteiger partial charge in [0.25, 0.3) is 11.5 Å². The van der Waals surface area contributed by atoms with Gasteiger partial charge in [0.15, 0.2) is 0 Å². The van der Waals surface area contributed by atoms with E-state index >= 15 is 0 Å². The molecular weight excluding hydrogens is 344 g/mol. The lowest BCUT2D eigenvalue weighted by molar-refractivity contribution is 0.0759. The Morgan fingerprint density at radius 2 is 1.96 bits per heavy atom. The summed E-state index contributed by atoms with van der Waals surface area (Å²) in [6.45, 7) is 0.304. The molecule has 2 N–H and O–H groups in total. The van der Waals surface area contributed by atoms with Gasteiger partial charge in [0.2, 0.25) is 0 Å². The van der Waals surface area contributed by atoms with Gasteiger partial charge in [-0.3, -0.25) is 14.6 Å². The fraction of sp³-hybridized carbons (Fsp3) is 0.200. The number of aromatic amines is 1. The molecule has 0 spiro atoms. The van der Waals surface area contributed by atoms with Gasteiger partial charge in [0, 0.05) is 37.7 Å². The molecule has 0 saturated heterocycles. The van der Waals surface area contributed by atoms with Gasteiger partial charge in [-0.1, -0.05) is 30.3 Å². The quantitative estimate of drug-likeness (QED) is 0.697. The number of aromatic nitrogens is 3. The fourth-order valence-corrected chi connectivity index (χ4v) is 2.66. The molecule has 2 aromatic heterocycles. The minimum Gasteiger partial charge on any atom is -0.388 e. The topological polar surface area (TPSA) is 99.2 Å². The molecule has 0 bridgehead atoms. The third-order valence-corrected chi connectivity index (χ3v) is 4.23. The lowest BCUT2D eigenvalue weighted by atomic mass is 10.1. The van der Waals surface area contributed by atoms with E-state index in [1.807, 2.05) is 30.3 Å². The van der Waals surface area contributed by atoms with E-state index in [2.05, 4.69) is 15.0 Å². The molecule has 1 aromatic carbocycles. The maximum atomic E-state index is 12.5. The maximum Gasteiger partial charge on any atom is 0.264 e. The average Bonchev–Trinajstić information content (AvgIpc) is 2.72. The van der Waals surface area contributed by atoms with Crippen LogP contribution in [0, 0.1) is 0 Å². The number of aliphatic hydroxyl groups is 1. The van der Waals surface area contributed by atoms with Crippen molar-refractivity contribution in [2.45, 2.75) is 12.5 Å². The van der Waals surface area contributed by atoms with Crippen LogP contribution in [-0.4, -0.2) is 44.5 Å². The molecule has 0 aliphatic heterocycles. The summed E-state index contributed by atoms with van der Waals surface area (Å²) in [5, 5.41) is 10.2. The summed E-state index contributed by atoms with van der Waals surface area (Å²) in [5.41, 5.74) is 0.898. The van der Waals surface area contributed by atoms with Gasteiger partial charge in [-0.2, -0.15) is 0 Å². The molecule has 3 rings (SSSR count). The fourth-order valence-electron chi connectivity index (χ4n) is 2.66. The van der Waals surface area contributed by atoms with Crippen molar-refractivity contribution in [3.63, 3.8) is 0 Å². The van der Waals surface area contributed by atoms with Crippen molar-refractivity contribution in [2.24, 2.45) is 0 Å². The standard InChI is InChI=1S/C20H20N4O3/c1-24(11-9-17(25)14-6-3-2-4-7-14)20(27)16-13-22-18(23-19(16)26)15-8-5-10-21-12-15/h2-8,10,12-13,17,25H,9,11H2,1H3,(H,22,23,26)/t17-/m0/s1. The summed E-state index contributed by atoms with van der Waals surface area (Å²) < 4.78 is 0. The van der Waals surface area contributed by atoms with Crippen molar-refractivity contribution in [3.8, 4) is 11.4 Å². The van der Waals surface area contributed by atoms with E-state index in [9.17, 15) is 14.7 Å². The van der Waals surface area contributed by atoms with Gasteiger partial charge in [0.1, 0.15) is 11.4 Å². The van der Waals surface area contributed by atoms with Crippen molar-refractivity contribution in [3.05, 3.63) is 82.5 Å². The first-order chi connectivity index (χ1) is 13.1. The molecule has 0 saturated carbocycles. The number of hydrogen-bond acceptors (Lipinski definition) is 5. The first-order valence-corrected chi connectivity index (χ1v) is 8.54. The number of H-pyrrole nitrogens is 1. The number of amides is 1. The van der Waals surface area contributed by atoms with E-state index in [1.165, 1.54) is 11.1 Å². The van der Waals surface area contributed by atoms with Gasteiger partial charge in [-0.05, 0) is 24.1 Å². The van der Waals surface area contributed by atoms with Gasteiger partial charge < -0.3 is 15.0 Å². The number of rotatable bonds is 6. The molecule has 27 heavy (non-hydrogen) atoms. The van der Waals surface area contributed by atoms with Crippen molar-refractivity contribution in [1.82, 2.24) is 19.9 Å². The molecule has 138 valence electrons. The number of hydrogen-bond donors (Lipinski definition) is 2. The summed E-state index contributed by atoms with van der Waals surface area (Å²) >= 11 is 0.